The molecule has 0 atom stereocenters. The molecule has 2 N–H and O–H groups in total. The van der Waals surface area contributed by atoms with Crippen LogP contribution in [0.15, 0.2) is 42.5 Å². The number of nitrogen functional groups attached to an aromatic ring is 1. The Balaban J connectivity index is 1.81. The van der Waals surface area contributed by atoms with E-state index in [9.17, 15) is 4.79 Å². The predicted octanol–water partition coefficient (Wildman–Crippen LogP) is 3.60. The van der Waals surface area contributed by atoms with E-state index in [-0.39, 0.29) is 5.97 Å². The van der Waals surface area contributed by atoms with Crippen LogP contribution in [0.5, 0.6) is 11.5 Å². The second kappa shape index (κ2) is 8.82. The van der Waals surface area contributed by atoms with Crippen molar-refractivity contribution in [1.82, 2.24) is 0 Å². The number of anilines is 1. The molecule has 0 fully saturated rings. The lowest BCUT2D eigenvalue weighted by atomic mass is 10.2. The molecule has 5 heteroatoms. The standard InChI is InChI=1S/C19H23NO4/c1-3-22-19(21)15-8-9-17(20)18(13-15)24-11-5-10-23-16-7-4-6-14(2)12-16/h4,6-9,12-13H,3,5,10-11,20H2,1-2H3. The Kier molecular flexibility index (Phi) is 6.49. The number of nitrogens with two attached hydrogens (primary N) is 1. The van der Waals surface area contributed by atoms with Crippen LogP contribution in [-0.4, -0.2) is 25.8 Å². The minimum Gasteiger partial charge on any atom is -0.493 e. The highest BCUT2D eigenvalue weighted by atomic mass is 16.5. The molecule has 24 heavy (non-hydrogen) atoms. The maximum absolute atomic E-state index is 11.7. The zero-order valence-corrected chi connectivity index (χ0v) is 14.1. The van der Waals surface area contributed by atoms with Gasteiger partial charge in [-0.15, -0.1) is 0 Å². The van der Waals surface area contributed by atoms with Crippen molar-refractivity contribution in [3.05, 3.63) is 53.6 Å². The SMILES string of the molecule is CCOC(=O)c1ccc(N)c(OCCCOc2cccc(C)c2)c1. The average Bonchev–Trinajstić information content (AvgIpc) is 2.56. The largest absolute Gasteiger partial charge is 0.493 e. The first-order chi connectivity index (χ1) is 11.6. The zero-order chi connectivity index (χ0) is 17.4. The van der Waals surface area contributed by atoms with Crippen molar-refractivity contribution < 1.29 is 19.0 Å². The summed E-state index contributed by atoms with van der Waals surface area (Å²) in [6.07, 6.45) is 0.705. The fourth-order valence-corrected chi connectivity index (χ4v) is 2.14. The van der Waals surface area contributed by atoms with Crippen molar-refractivity contribution in [2.75, 3.05) is 25.6 Å². The van der Waals surface area contributed by atoms with Gasteiger partial charge in [-0.3, -0.25) is 0 Å². The summed E-state index contributed by atoms with van der Waals surface area (Å²) >= 11 is 0. The van der Waals surface area contributed by atoms with Gasteiger partial charge in [0, 0.05) is 6.42 Å². The van der Waals surface area contributed by atoms with Crippen molar-refractivity contribution in [3.63, 3.8) is 0 Å². The second-order valence-electron chi connectivity index (χ2n) is 5.34. The number of benzene rings is 2. The smallest absolute Gasteiger partial charge is 0.338 e. The fraction of sp³-hybridized carbons (Fsp3) is 0.316. The second-order valence-corrected chi connectivity index (χ2v) is 5.34. The van der Waals surface area contributed by atoms with E-state index in [1.165, 1.54) is 0 Å². The van der Waals surface area contributed by atoms with Gasteiger partial charge < -0.3 is 19.9 Å². The third-order valence-corrected chi connectivity index (χ3v) is 3.33. The average molecular weight is 329 g/mol. The lowest BCUT2D eigenvalue weighted by molar-refractivity contribution is 0.0526. The topological polar surface area (TPSA) is 70.8 Å². The van der Waals surface area contributed by atoms with Crippen molar-refractivity contribution >= 4 is 11.7 Å². The third-order valence-electron chi connectivity index (χ3n) is 3.33. The molecule has 0 heterocycles. The van der Waals surface area contributed by atoms with E-state index in [0.717, 1.165) is 11.3 Å². The highest BCUT2D eigenvalue weighted by Crippen LogP contribution is 2.23. The zero-order valence-electron chi connectivity index (χ0n) is 14.1. The van der Waals surface area contributed by atoms with Crippen LogP contribution in [0, 0.1) is 6.92 Å². The summed E-state index contributed by atoms with van der Waals surface area (Å²) in [5, 5.41) is 0. The highest BCUT2D eigenvalue weighted by Gasteiger charge is 2.10. The number of carbonyl (C=O) groups is 1. The quantitative estimate of drug-likeness (QED) is 0.455. The summed E-state index contributed by atoms with van der Waals surface area (Å²) < 4.78 is 16.3. The Morgan fingerprint density at radius 2 is 1.88 bits per heavy atom. The maximum atomic E-state index is 11.7. The molecule has 0 aliphatic heterocycles. The van der Waals surface area contributed by atoms with Crippen molar-refractivity contribution in [3.8, 4) is 11.5 Å². The maximum Gasteiger partial charge on any atom is 0.338 e. The Morgan fingerprint density at radius 3 is 2.62 bits per heavy atom. The molecule has 0 aliphatic rings. The molecule has 128 valence electrons. The van der Waals surface area contributed by atoms with E-state index in [1.54, 1.807) is 25.1 Å². The monoisotopic (exact) mass is 329 g/mol. The number of hydrogen-bond donors (Lipinski definition) is 1. The lowest BCUT2D eigenvalue weighted by Crippen LogP contribution is -2.08. The van der Waals surface area contributed by atoms with Crippen molar-refractivity contribution in [2.45, 2.75) is 20.3 Å². The first-order valence-corrected chi connectivity index (χ1v) is 7.99. The number of hydrogen-bond acceptors (Lipinski definition) is 5. The summed E-state index contributed by atoms with van der Waals surface area (Å²) in [6, 6.07) is 12.8. The van der Waals surface area contributed by atoms with Crippen LogP contribution in [0.25, 0.3) is 0 Å². The van der Waals surface area contributed by atoms with Gasteiger partial charge in [-0.25, -0.2) is 4.79 Å². The Hall–Kier alpha value is -2.69. The molecule has 0 radical (unpaired) electrons. The Labute approximate surface area is 142 Å². The van der Waals surface area contributed by atoms with E-state index in [4.69, 9.17) is 19.9 Å². The van der Waals surface area contributed by atoms with E-state index < -0.39 is 0 Å². The molecule has 0 unspecified atom stereocenters. The third kappa shape index (κ3) is 5.19. The van der Waals surface area contributed by atoms with Gasteiger partial charge in [0.25, 0.3) is 0 Å². The molecule has 2 aromatic carbocycles. The van der Waals surface area contributed by atoms with Crippen LogP contribution in [-0.2, 0) is 4.74 Å². The molecule has 0 saturated heterocycles. The minimum absolute atomic E-state index is 0.329. The first kappa shape index (κ1) is 17.7. The Bertz CT molecular complexity index is 685. The van der Waals surface area contributed by atoms with E-state index >= 15 is 0 Å². The van der Waals surface area contributed by atoms with E-state index in [1.807, 2.05) is 31.2 Å². The number of ether oxygens (including phenoxy) is 3. The summed E-state index contributed by atoms with van der Waals surface area (Å²) in [5.74, 6) is 0.945. The normalized spacial score (nSPS) is 10.2. The summed E-state index contributed by atoms with van der Waals surface area (Å²) in [6.45, 7) is 5.11. The van der Waals surface area contributed by atoms with E-state index in [0.29, 0.717) is 43.2 Å². The Morgan fingerprint density at radius 1 is 1.08 bits per heavy atom. The van der Waals surface area contributed by atoms with Gasteiger partial charge in [0.2, 0.25) is 0 Å². The molecule has 0 amide bonds. The van der Waals surface area contributed by atoms with Gasteiger partial charge in [0.05, 0.1) is 31.1 Å². The summed E-state index contributed by atoms with van der Waals surface area (Å²) in [7, 11) is 0. The predicted molar refractivity (Wildman–Crippen MR) is 93.6 cm³/mol. The molecule has 0 spiro atoms. The molecule has 0 bridgehead atoms. The summed E-state index contributed by atoms with van der Waals surface area (Å²) in [4.78, 5) is 11.7. The van der Waals surface area contributed by atoms with Gasteiger partial charge in [0.15, 0.2) is 0 Å². The molecular formula is C19H23NO4. The van der Waals surface area contributed by atoms with Crippen molar-refractivity contribution in [2.24, 2.45) is 0 Å². The number of aryl methyl sites for hydroxylation is 1. The van der Waals surface area contributed by atoms with Gasteiger partial charge in [-0.1, -0.05) is 12.1 Å². The van der Waals surface area contributed by atoms with E-state index in [2.05, 4.69) is 0 Å². The van der Waals surface area contributed by atoms with Crippen LogP contribution < -0.4 is 15.2 Å². The molecule has 0 saturated carbocycles. The molecule has 0 aliphatic carbocycles. The molecule has 2 aromatic rings. The highest BCUT2D eigenvalue weighted by molar-refractivity contribution is 5.90. The molecule has 0 aromatic heterocycles. The number of carbonyl (C=O) groups excluding carboxylic acids is 1. The van der Waals surface area contributed by atoms with Crippen LogP contribution in [0.2, 0.25) is 0 Å². The van der Waals surface area contributed by atoms with Crippen LogP contribution in [0.3, 0.4) is 0 Å². The van der Waals surface area contributed by atoms with Crippen LogP contribution in [0.1, 0.15) is 29.3 Å². The van der Waals surface area contributed by atoms with Crippen LogP contribution >= 0.6 is 0 Å². The lowest BCUT2D eigenvalue weighted by Gasteiger charge is -2.11. The minimum atomic E-state index is -0.384. The summed E-state index contributed by atoms with van der Waals surface area (Å²) in [5.41, 5.74) is 7.95. The molecule has 2 rings (SSSR count). The first-order valence-electron chi connectivity index (χ1n) is 7.99. The van der Waals surface area contributed by atoms with Gasteiger partial charge >= 0.3 is 5.97 Å². The molecule has 5 nitrogen and oxygen atoms in total. The van der Waals surface area contributed by atoms with Crippen LogP contribution in [0.4, 0.5) is 5.69 Å². The van der Waals surface area contributed by atoms with Gasteiger partial charge in [-0.05, 0) is 49.7 Å². The van der Waals surface area contributed by atoms with Crippen molar-refractivity contribution in [1.29, 1.82) is 0 Å². The number of esters is 1. The van der Waals surface area contributed by atoms with Gasteiger partial charge in [0.1, 0.15) is 11.5 Å². The molecular weight excluding hydrogens is 306 g/mol. The fourth-order valence-electron chi connectivity index (χ4n) is 2.14. The number of rotatable bonds is 8. The van der Waals surface area contributed by atoms with Gasteiger partial charge in [-0.2, -0.15) is 0 Å².